The van der Waals surface area contributed by atoms with Gasteiger partial charge in [-0.3, -0.25) is 0 Å². The van der Waals surface area contributed by atoms with Crippen LogP contribution in [0.4, 0.5) is 5.69 Å². The highest BCUT2D eigenvalue weighted by molar-refractivity contribution is 6.74. The Balaban J connectivity index is 1.51. The normalized spacial score (nSPS) is 31.8. The molecular weight excluding hydrogens is 500 g/mol. The first-order valence-electron chi connectivity index (χ1n) is 14.7. The van der Waals surface area contributed by atoms with Crippen LogP contribution in [-0.4, -0.2) is 50.6 Å². The maximum absolute atomic E-state index is 13.3. The van der Waals surface area contributed by atoms with Gasteiger partial charge < -0.3 is 19.0 Å². The summed E-state index contributed by atoms with van der Waals surface area (Å²) in [5.74, 6) is 0.225. The molecule has 3 heterocycles. The van der Waals surface area contributed by atoms with E-state index in [4.69, 9.17) is 9.16 Å². The van der Waals surface area contributed by atoms with E-state index in [-0.39, 0.29) is 22.5 Å². The summed E-state index contributed by atoms with van der Waals surface area (Å²) in [5, 5.41) is 3.92. The number of methoxy groups -OCH3 is 1. The number of benzene rings is 2. The molecule has 2 aromatic carbocycles. The van der Waals surface area contributed by atoms with E-state index in [1.54, 1.807) is 0 Å². The van der Waals surface area contributed by atoms with Gasteiger partial charge in [-0.15, -0.1) is 0 Å². The minimum absolute atomic E-state index is 0.144. The summed E-state index contributed by atoms with van der Waals surface area (Å²) < 4.78 is 13.6. The minimum atomic E-state index is -1.97. The molecule has 2 unspecified atom stereocenters. The molecule has 1 spiro atoms. The Kier molecular flexibility index (Phi) is 6.22. The molecule has 208 valence electrons. The lowest BCUT2D eigenvalue weighted by Gasteiger charge is -2.49. The predicted molar refractivity (Wildman–Crippen MR) is 159 cm³/mol. The van der Waals surface area contributed by atoms with Crippen molar-refractivity contribution in [3.8, 4) is 0 Å². The first kappa shape index (κ1) is 26.8. The van der Waals surface area contributed by atoms with E-state index >= 15 is 0 Å². The second-order valence-corrected chi connectivity index (χ2v) is 18.8. The Labute approximate surface area is 235 Å². The highest BCUT2D eigenvalue weighted by Crippen LogP contribution is 2.66. The molecule has 2 fully saturated rings. The monoisotopic (exact) mass is 545 g/mol. The fourth-order valence-electron chi connectivity index (χ4n) is 8.64. The van der Waals surface area contributed by atoms with Gasteiger partial charge in [0.2, 0.25) is 0 Å². The zero-order valence-electron chi connectivity index (χ0n) is 24.7. The molecule has 6 heteroatoms. The Morgan fingerprint density at radius 2 is 1.82 bits per heavy atom. The molecule has 2 aromatic rings. The van der Waals surface area contributed by atoms with Gasteiger partial charge in [0.1, 0.15) is 18.6 Å². The second-order valence-electron chi connectivity index (χ2n) is 14.0. The van der Waals surface area contributed by atoms with E-state index in [1.807, 2.05) is 0 Å². The minimum Gasteiger partial charge on any atom is -0.466 e. The van der Waals surface area contributed by atoms with E-state index in [0.29, 0.717) is 18.0 Å². The van der Waals surface area contributed by atoms with E-state index in [1.165, 1.54) is 18.2 Å². The van der Waals surface area contributed by atoms with Crippen LogP contribution in [-0.2, 0) is 25.9 Å². The van der Waals surface area contributed by atoms with Crippen LogP contribution in [0.1, 0.15) is 58.1 Å². The van der Waals surface area contributed by atoms with Gasteiger partial charge in [0, 0.05) is 35.7 Å². The molecule has 0 radical (unpaired) electrons. The Bertz CT molecular complexity index is 1320. The average molecular weight is 546 g/mol. The Hall–Kier alpha value is -2.41. The van der Waals surface area contributed by atoms with Gasteiger partial charge in [0.05, 0.1) is 30.7 Å². The van der Waals surface area contributed by atoms with Gasteiger partial charge >= 0.3 is 5.97 Å². The predicted octanol–water partition coefficient (Wildman–Crippen LogP) is 6.77. The van der Waals surface area contributed by atoms with E-state index in [2.05, 4.69) is 101 Å². The molecule has 0 aromatic heterocycles. The van der Waals surface area contributed by atoms with E-state index in [0.717, 1.165) is 53.8 Å². The van der Waals surface area contributed by atoms with Gasteiger partial charge in [-0.1, -0.05) is 69.3 Å². The number of esters is 1. The van der Waals surface area contributed by atoms with Crippen molar-refractivity contribution in [3.05, 3.63) is 77.0 Å². The molecular formula is C33H45N2O3Si+. The molecule has 1 aliphatic carbocycles. The molecule has 6 atom stereocenters. The smallest absolute Gasteiger partial charge is 0.335 e. The van der Waals surface area contributed by atoms with E-state index < -0.39 is 8.32 Å². The SMILES string of the molecule is COC(=O)C1=C2Nc3ccccc3[C@@]23CC[N+]2(Cc4ccccc4)[C@@H](C(C)O[Si](C)(C)C(C)(C)C)C[C@@H](C1)[C@@H]32. The lowest BCUT2D eigenvalue weighted by molar-refractivity contribution is -0.967. The van der Waals surface area contributed by atoms with E-state index in [9.17, 15) is 4.79 Å². The van der Waals surface area contributed by atoms with Crippen molar-refractivity contribution < 1.29 is 18.4 Å². The van der Waals surface area contributed by atoms with Crippen molar-refractivity contribution in [2.24, 2.45) is 5.92 Å². The van der Waals surface area contributed by atoms with Crippen LogP contribution < -0.4 is 5.32 Å². The summed E-state index contributed by atoms with van der Waals surface area (Å²) in [6.45, 7) is 16.2. The fourth-order valence-corrected chi connectivity index (χ4v) is 10.1. The third-order valence-electron chi connectivity index (χ3n) is 11.1. The van der Waals surface area contributed by atoms with Crippen molar-refractivity contribution in [3.63, 3.8) is 0 Å². The summed E-state index contributed by atoms with van der Waals surface area (Å²) in [6, 6.07) is 20.6. The fraction of sp³-hybridized carbons (Fsp3) is 0.545. The highest BCUT2D eigenvalue weighted by Gasteiger charge is 2.73. The number of ether oxygens (including phenoxy) is 1. The molecule has 3 aliphatic heterocycles. The summed E-state index contributed by atoms with van der Waals surface area (Å²) >= 11 is 0. The number of carbonyl (C=O) groups is 1. The first-order chi connectivity index (χ1) is 18.4. The zero-order valence-corrected chi connectivity index (χ0v) is 25.7. The van der Waals surface area contributed by atoms with Crippen LogP contribution in [0.2, 0.25) is 18.1 Å². The van der Waals surface area contributed by atoms with Crippen LogP contribution in [0.25, 0.3) is 0 Å². The van der Waals surface area contributed by atoms with Crippen LogP contribution in [0, 0.1) is 5.92 Å². The summed E-state index contributed by atoms with van der Waals surface area (Å²) in [7, 11) is -0.446. The average Bonchev–Trinajstić information content (AvgIpc) is 3.52. The summed E-state index contributed by atoms with van der Waals surface area (Å²) in [5.41, 5.74) is 5.69. The zero-order chi connectivity index (χ0) is 27.8. The van der Waals surface area contributed by atoms with Gasteiger partial charge in [0.15, 0.2) is 8.32 Å². The first-order valence-corrected chi connectivity index (χ1v) is 17.6. The standard InChI is InChI=1S/C33H44N2O3Si/c1-22(38-39(6,7)32(2,3)4)28-20-24-19-25(31(36)37-5)29-33(26-15-11-12-16-27(26)34-29)17-18-35(28,30(24)33)21-23-13-9-8-10-14-23/h8-16,22,24,28,30H,17-21H2,1-7H3/p+1/t22?,24-,28-,30+,33+,35?/m1/s1. The number of hydrogen-bond donors (Lipinski definition) is 1. The van der Waals surface area contributed by atoms with Crippen molar-refractivity contribution >= 4 is 20.0 Å². The maximum Gasteiger partial charge on any atom is 0.335 e. The van der Waals surface area contributed by atoms with Gasteiger partial charge in [0.25, 0.3) is 0 Å². The third-order valence-corrected chi connectivity index (χ3v) is 15.7. The van der Waals surface area contributed by atoms with Crippen molar-refractivity contribution in [1.29, 1.82) is 0 Å². The molecule has 0 amide bonds. The molecule has 4 aliphatic rings. The van der Waals surface area contributed by atoms with Crippen molar-refractivity contribution in [2.75, 3.05) is 19.0 Å². The summed E-state index contributed by atoms with van der Waals surface area (Å²) in [6.07, 6.45) is 3.02. The van der Waals surface area contributed by atoms with Crippen molar-refractivity contribution in [2.45, 2.75) is 95.2 Å². The number of rotatable bonds is 6. The Morgan fingerprint density at radius 1 is 1.13 bits per heavy atom. The number of fused-ring (bicyclic) bond motifs is 1. The summed E-state index contributed by atoms with van der Waals surface area (Å²) in [4.78, 5) is 13.3. The third kappa shape index (κ3) is 3.81. The molecule has 0 saturated carbocycles. The van der Waals surface area contributed by atoms with Crippen LogP contribution >= 0.6 is 0 Å². The number of quaternary nitrogens is 1. The number of nitrogens with zero attached hydrogens (tertiary/aromatic N) is 1. The number of para-hydroxylation sites is 1. The van der Waals surface area contributed by atoms with Gasteiger partial charge in [-0.05, 0) is 43.1 Å². The number of anilines is 1. The lowest BCUT2D eigenvalue weighted by atomic mass is 9.63. The number of hydrogen-bond acceptors (Lipinski definition) is 4. The molecule has 0 bridgehead atoms. The molecule has 1 N–H and O–H groups in total. The second kappa shape index (κ2) is 9.05. The topological polar surface area (TPSA) is 47.6 Å². The van der Waals surface area contributed by atoms with Gasteiger partial charge in [-0.25, -0.2) is 4.79 Å². The van der Waals surface area contributed by atoms with Gasteiger partial charge in [-0.2, -0.15) is 0 Å². The highest BCUT2D eigenvalue weighted by atomic mass is 28.4. The van der Waals surface area contributed by atoms with Crippen LogP contribution in [0.3, 0.4) is 0 Å². The molecule has 5 nitrogen and oxygen atoms in total. The lowest BCUT2D eigenvalue weighted by Crippen LogP contribution is -2.62. The molecule has 2 saturated heterocycles. The van der Waals surface area contributed by atoms with Crippen LogP contribution in [0.5, 0.6) is 0 Å². The van der Waals surface area contributed by atoms with Crippen molar-refractivity contribution in [1.82, 2.24) is 0 Å². The number of carbonyl (C=O) groups excluding carboxylic acids is 1. The largest absolute Gasteiger partial charge is 0.466 e. The quantitative estimate of drug-likeness (QED) is 0.247. The number of nitrogens with one attached hydrogen (secondary N) is 1. The Morgan fingerprint density at radius 3 is 2.51 bits per heavy atom. The maximum atomic E-state index is 13.3. The molecule has 6 rings (SSSR count). The molecule has 39 heavy (non-hydrogen) atoms. The van der Waals surface area contributed by atoms with Crippen LogP contribution in [0.15, 0.2) is 65.9 Å².